The number of carbonyl (C=O) groups is 2. The minimum absolute atomic E-state index is 0.156. The first kappa shape index (κ1) is 20.6. The SMILES string of the molecule is CC(C(=O)N(C)C1CCCCC1)N1CCCN(C(=O)Oc2ccccc2)CC1. The number of para-hydroxylation sites is 1. The van der Waals surface area contributed by atoms with E-state index in [0.717, 1.165) is 25.8 Å². The van der Waals surface area contributed by atoms with Crippen molar-refractivity contribution in [1.82, 2.24) is 14.7 Å². The highest BCUT2D eigenvalue weighted by atomic mass is 16.6. The Bertz CT molecular complexity index is 646. The summed E-state index contributed by atoms with van der Waals surface area (Å²) in [7, 11) is 1.95. The Kier molecular flexibility index (Phi) is 7.31. The standard InChI is InChI=1S/C22H33N3O3/c1-18(21(26)23(2)19-10-5-3-6-11-19)24-14-9-15-25(17-16-24)22(27)28-20-12-7-4-8-13-20/h4,7-8,12-13,18-19H,3,5-6,9-11,14-17H2,1-2H3. The molecule has 0 bridgehead atoms. The number of hydrogen-bond donors (Lipinski definition) is 0. The molecule has 3 rings (SSSR count). The quantitative estimate of drug-likeness (QED) is 0.795. The molecule has 2 aliphatic rings. The highest BCUT2D eigenvalue weighted by molar-refractivity contribution is 5.81. The van der Waals surface area contributed by atoms with Gasteiger partial charge in [0.25, 0.3) is 0 Å². The van der Waals surface area contributed by atoms with Crippen LogP contribution in [0.2, 0.25) is 0 Å². The summed E-state index contributed by atoms with van der Waals surface area (Å²) < 4.78 is 5.46. The Morgan fingerprint density at radius 2 is 1.71 bits per heavy atom. The van der Waals surface area contributed by atoms with Gasteiger partial charge in [-0.25, -0.2) is 4.79 Å². The monoisotopic (exact) mass is 387 g/mol. The van der Waals surface area contributed by atoms with Crippen LogP contribution >= 0.6 is 0 Å². The van der Waals surface area contributed by atoms with Crippen LogP contribution in [0.3, 0.4) is 0 Å². The molecule has 1 saturated carbocycles. The number of nitrogens with zero attached hydrogens (tertiary/aromatic N) is 3. The van der Waals surface area contributed by atoms with Crippen LogP contribution in [-0.2, 0) is 4.79 Å². The average Bonchev–Trinajstić information content (AvgIpc) is 3.00. The molecule has 2 amide bonds. The number of carbonyl (C=O) groups excluding carboxylic acids is 2. The van der Waals surface area contributed by atoms with E-state index in [4.69, 9.17) is 4.74 Å². The number of ether oxygens (including phenoxy) is 1. The van der Waals surface area contributed by atoms with Crippen LogP contribution in [0.1, 0.15) is 45.4 Å². The van der Waals surface area contributed by atoms with Gasteiger partial charge in [0.15, 0.2) is 0 Å². The van der Waals surface area contributed by atoms with Crippen LogP contribution in [0.15, 0.2) is 30.3 Å². The van der Waals surface area contributed by atoms with Gasteiger partial charge in [0.05, 0.1) is 6.04 Å². The highest BCUT2D eigenvalue weighted by Gasteiger charge is 2.30. The molecule has 6 nitrogen and oxygen atoms in total. The van der Waals surface area contributed by atoms with Crippen molar-refractivity contribution in [3.05, 3.63) is 30.3 Å². The summed E-state index contributed by atoms with van der Waals surface area (Å²) in [5, 5.41) is 0. The lowest BCUT2D eigenvalue weighted by Gasteiger charge is -2.36. The molecule has 0 radical (unpaired) electrons. The minimum Gasteiger partial charge on any atom is -0.410 e. The van der Waals surface area contributed by atoms with E-state index in [1.54, 1.807) is 17.0 Å². The summed E-state index contributed by atoms with van der Waals surface area (Å²) in [4.78, 5) is 31.4. The smallest absolute Gasteiger partial charge is 0.410 e. The maximum atomic E-state index is 13.0. The lowest BCUT2D eigenvalue weighted by molar-refractivity contribution is -0.137. The summed E-state index contributed by atoms with van der Waals surface area (Å²) in [6.45, 7) is 4.74. The van der Waals surface area contributed by atoms with Crippen molar-refractivity contribution in [1.29, 1.82) is 0 Å². The van der Waals surface area contributed by atoms with Crippen molar-refractivity contribution in [3.8, 4) is 5.75 Å². The number of hydrogen-bond acceptors (Lipinski definition) is 4. The molecule has 6 heteroatoms. The molecule has 1 aromatic carbocycles. The third kappa shape index (κ3) is 5.25. The van der Waals surface area contributed by atoms with E-state index in [9.17, 15) is 9.59 Å². The van der Waals surface area contributed by atoms with Gasteiger partial charge in [-0.1, -0.05) is 37.5 Å². The van der Waals surface area contributed by atoms with Gasteiger partial charge in [0.2, 0.25) is 5.91 Å². The first-order valence-electron chi connectivity index (χ1n) is 10.6. The van der Waals surface area contributed by atoms with Gasteiger partial charge >= 0.3 is 6.09 Å². The van der Waals surface area contributed by atoms with E-state index in [0.29, 0.717) is 31.4 Å². The van der Waals surface area contributed by atoms with Gasteiger partial charge in [0.1, 0.15) is 5.75 Å². The third-order valence-corrected chi connectivity index (χ3v) is 6.11. The van der Waals surface area contributed by atoms with Gasteiger partial charge in [-0.3, -0.25) is 9.69 Å². The first-order valence-corrected chi connectivity index (χ1v) is 10.6. The summed E-state index contributed by atoms with van der Waals surface area (Å²) in [6, 6.07) is 9.38. The zero-order valence-corrected chi connectivity index (χ0v) is 17.2. The molecule has 1 saturated heterocycles. The summed E-state index contributed by atoms with van der Waals surface area (Å²) in [5.74, 6) is 0.762. The normalized spacial score (nSPS) is 20.3. The summed E-state index contributed by atoms with van der Waals surface area (Å²) >= 11 is 0. The second kappa shape index (κ2) is 9.92. The lowest BCUT2D eigenvalue weighted by Crippen LogP contribution is -2.50. The fourth-order valence-electron chi connectivity index (χ4n) is 4.26. The minimum atomic E-state index is -0.314. The maximum Gasteiger partial charge on any atom is 0.415 e. The van der Waals surface area contributed by atoms with Crippen LogP contribution in [0.5, 0.6) is 5.75 Å². The maximum absolute atomic E-state index is 13.0. The van der Waals surface area contributed by atoms with E-state index in [1.165, 1.54) is 19.3 Å². The zero-order valence-electron chi connectivity index (χ0n) is 17.2. The molecule has 0 spiro atoms. The van der Waals surface area contributed by atoms with Crippen molar-refractivity contribution < 1.29 is 14.3 Å². The van der Waals surface area contributed by atoms with Crippen molar-refractivity contribution in [2.45, 2.75) is 57.5 Å². The third-order valence-electron chi connectivity index (χ3n) is 6.11. The molecule has 28 heavy (non-hydrogen) atoms. The molecule has 1 aliphatic carbocycles. The van der Waals surface area contributed by atoms with Crippen LogP contribution < -0.4 is 4.74 Å². The van der Waals surface area contributed by atoms with Gasteiger partial charge in [-0.05, 0) is 38.3 Å². The Hall–Kier alpha value is -2.08. The molecule has 0 aromatic heterocycles. The molecular weight excluding hydrogens is 354 g/mol. The molecule has 0 N–H and O–H groups in total. The molecule has 2 fully saturated rings. The molecule has 154 valence electrons. The van der Waals surface area contributed by atoms with Gasteiger partial charge in [0, 0.05) is 39.3 Å². The van der Waals surface area contributed by atoms with Crippen molar-refractivity contribution in [3.63, 3.8) is 0 Å². The van der Waals surface area contributed by atoms with Crippen LogP contribution in [0.4, 0.5) is 4.79 Å². The number of likely N-dealkylation sites (N-methyl/N-ethyl adjacent to an activating group) is 1. The van der Waals surface area contributed by atoms with Gasteiger partial charge in [-0.2, -0.15) is 0 Å². The van der Waals surface area contributed by atoms with Gasteiger partial charge in [-0.15, -0.1) is 0 Å². The van der Waals surface area contributed by atoms with E-state index < -0.39 is 0 Å². The van der Waals surface area contributed by atoms with Crippen LogP contribution in [-0.4, -0.2) is 72.0 Å². The lowest BCUT2D eigenvalue weighted by atomic mass is 9.94. The fraction of sp³-hybridized carbons (Fsp3) is 0.636. The fourth-order valence-corrected chi connectivity index (χ4v) is 4.26. The summed E-state index contributed by atoms with van der Waals surface area (Å²) in [6.07, 6.45) is 6.50. The summed E-state index contributed by atoms with van der Waals surface area (Å²) in [5.41, 5.74) is 0. The van der Waals surface area contributed by atoms with Crippen LogP contribution in [0, 0.1) is 0 Å². The Labute approximate surface area is 168 Å². The van der Waals surface area contributed by atoms with E-state index >= 15 is 0 Å². The number of rotatable bonds is 4. The zero-order chi connectivity index (χ0) is 19.9. The van der Waals surface area contributed by atoms with Gasteiger partial charge < -0.3 is 14.5 Å². The molecule has 1 atom stereocenters. The topological polar surface area (TPSA) is 53.1 Å². The molecule has 1 heterocycles. The predicted octanol–water partition coefficient (Wildman–Crippen LogP) is 3.37. The Balaban J connectivity index is 1.52. The Morgan fingerprint density at radius 3 is 2.43 bits per heavy atom. The highest BCUT2D eigenvalue weighted by Crippen LogP contribution is 2.23. The molecule has 1 unspecified atom stereocenters. The molecular formula is C22H33N3O3. The van der Waals surface area contributed by atoms with Crippen LogP contribution in [0.25, 0.3) is 0 Å². The number of amides is 2. The van der Waals surface area contributed by atoms with Crippen molar-refractivity contribution in [2.24, 2.45) is 0 Å². The van der Waals surface area contributed by atoms with Crippen molar-refractivity contribution >= 4 is 12.0 Å². The average molecular weight is 388 g/mol. The molecule has 1 aromatic rings. The van der Waals surface area contributed by atoms with E-state index in [1.807, 2.05) is 37.1 Å². The first-order chi connectivity index (χ1) is 13.6. The second-order valence-electron chi connectivity index (χ2n) is 7.97. The number of benzene rings is 1. The second-order valence-corrected chi connectivity index (χ2v) is 7.97. The largest absolute Gasteiger partial charge is 0.415 e. The molecule has 1 aliphatic heterocycles. The predicted molar refractivity (Wildman–Crippen MR) is 109 cm³/mol. The Morgan fingerprint density at radius 1 is 1.00 bits per heavy atom. The van der Waals surface area contributed by atoms with Crippen molar-refractivity contribution in [2.75, 3.05) is 33.2 Å². The van der Waals surface area contributed by atoms with E-state index in [2.05, 4.69) is 4.90 Å². The van der Waals surface area contributed by atoms with E-state index in [-0.39, 0.29) is 18.0 Å².